The Morgan fingerprint density at radius 3 is 2.09 bits per heavy atom. The van der Waals surface area contributed by atoms with Gasteiger partial charge >= 0.3 is 5.97 Å². The molecule has 0 aromatic rings. The normalized spacial score (nSPS) is 13.0. The van der Waals surface area contributed by atoms with Gasteiger partial charge in [-0.05, 0) is 53.4 Å². The Labute approximate surface area is 140 Å². The van der Waals surface area contributed by atoms with Gasteiger partial charge in [0.25, 0.3) is 0 Å². The zero-order valence-electron chi connectivity index (χ0n) is 15.4. The zero-order chi connectivity index (χ0) is 17.8. The molecule has 23 heavy (non-hydrogen) atoms. The van der Waals surface area contributed by atoms with Crippen LogP contribution in [0.1, 0.15) is 53.4 Å². The maximum absolute atomic E-state index is 11.7. The summed E-state index contributed by atoms with van der Waals surface area (Å²) >= 11 is 0. The van der Waals surface area contributed by atoms with Gasteiger partial charge in [0, 0.05) is 25.7 Å². The van der Waals surface area contributed by atoms with Crippen molar-refractivity contribution in [2.45, 2.75) is 53.4 Å². The molecule has 4 nitrogen and oxygen atoms in total. The van der Waals surface area contributed by atoms with E-state index in [2.05, 4.69) is 13.0 Å². The van der Waals surface area contributed by atoms with E-state index in [1.807, 2.05) is 19.9 Å². The quantitative estimate of drug-likeness (QED) is 0.366. The second-order valence-electron chi connectivity index (χ2n) is 5.96. The fourth-order valence-electron chi connectivity index (χ4n) is 2.06. The van der Waals surface area contributed by atoms with E-state index in [0.29, 0.717) is 6.61 Å². The Hall–Kier alpha value is -1.84. The Kier molecular flexibility index (Phi) is 10.8. The Bertz CT molecular complexity index is 485. The van der Waals surface area contributed by atoms with Crippen molar-refractivity contribution in [2.75, 3.05) is 20.7 Å². The number of allylic oxidation sites excluding steroid dienone is 4. The first-order valence-electron chi connectivity index (χ1n) is 8.15. The van der Waals surface area contributed by atoms with E-state index < -0.39 is 0 Å². The Balaban J connectivity index is 4.21. The smallest absolute Gasteiger partial charge is 0.330 e. The lowest BCUT2D eigenvalue weighted by Crippen LogP contribution is -2.22. The minimum atomic E-state index is -0.267. The highest BCUT2D eigenvalue weighted by molar-refractivity contribution is 5.92. The van der Waals surface area contributed by atoms with Crippen molar-refractivity contribution in [1.29, 1.82) is 0 Å². The number of ether oxygens (including phenoxy) is 1. The van der Waals surface area contributed by atoms with E-state index in [-0.39, 0.29) is 11.9 Å². The van der Waals surface area contributed by atoms with Crippen molar-refractivity contribution in [2.24, 2.45) is 0 Å². The number of hydrogen-bond acceptors (Lipinski definition) is 3. The molecule has 0 spiro atoms. The van der Waals surface area contributed by atoms with E-state index >= 15 is 0 Å². The molecule has 0 aliphatic heterocycles. The van der Waals surface area contributed by atoms with Crippen molar-refractivity contribution in [1.82, 2.24) is 4.90 Å². The Morgan fingerprint density at radius 2 is 1.52 bits per heavy atom. The maximum Gasteiger partial charge on any atom is 0.330 e. The summed E-state index contributed by atoms with van der Waals surface area (Å²) in [6.45, 7) is 8.10. The Morgan fingerprint density at radius 1 is 0.957 bits per heavy atom. The second kappa shape index (κ2) is 11.7. The van der Waals surface area contributed by atoms with E-state index in [4.69, 9.17) is 4.74 Å². The lowest BCUT2D eigenvalue weighted by atomic mass is 10.1. The number of carbonyl (C=O) groups is 2. The summed E-state index contributed by atoms with van der Waals surface area (Å²) in [4.78, 5) is 24.6. The van der Waals surface area contributed by atoms with Crippen molar-refractivity contribution in [3.8, 4) is 0 Å². The van der Waals surface area contributed by atoms with Gasteiger partial charge in [0.2, 0.25) is 5.91 Å². The summed E-state index contributed by atoms with van der Waals surface area (Å²) in [7, 11) is 3.52. The standard InChI is InChI=1S/C19H31NO3/c1-7-23-18(21)14-16(3)12-8-10-15(2)11-9-13-17(4)19(22)20(5)6/h10,13-14H,7-9,11-12H2,1-6H3/b15-10+,16-14+,17-13+. The van der Waals surface area contributed by atoms with E-state index in [0.717, 1.165) is 36.8 Å². The zero-order valence-corrected chi connectivity index (χ0v) is 15.4. The minimum Gasteiger partial charge on any atom is -0.463 e. The number of rotatable bonds is 9. The fourth-order valence-corrected chi connectivity index (χ4v) is 2.06. The first kappa shape index (κ1) is 21.2. The molecule has 0 N–H and O–H groups in total. The van der Waals surface area contributed by atoms with E-state index in [1.165, 1.54) is 5.57 Å². The summed E-state index contributed by atoms with van der Waals surface area (Å²) < 4.78 is 4.88. The van der Waals surface area contributed by atoms with Gasteiger partial charge < -0.3 is 9.64 Å². The average Bonchev–Trinajstić information content (AvgIpc) is 2.46. The topological polar surface area (TPSA) is 46.6 Å². The molecule has 1 amide bonds. The molecule has 0 unspecified atom stereocenters. The largest absolute Gasteiger partial charge is 0.463 e. The highest BCUT2D eigenvalue weighted by Gasteiger charge is 2.05. The first-order valence-corrected chi connectivity index (χ1v) is 8.15. The van der Waals surface area contributed by atoms with Gasteiger partial charge in [0.05, 0.1) is 6.61 Å². The second-order valence-corrected chi connectivity index (χ2v) is 5.96. The molecule has 0 aliphatic carbocycles. The molecule has 0 saturated carbocycles. The lowest BCUT2D eigenvalue weighted by Gasteiger charge is -2.10. The summed E-state index contributed by atoms with van der Waals surface area (Å²) in [5.41, 5.74) is 3.12. The van der Waals surface area contributed by atoms with Crippen LogP contribution in [0.4, 0.5) is 0 Å². The predicted molar refractivity (Wildman–Crippen MR) is 95.1 cm³/mol. The first-order chi connectivity index (χ1) is 10.8. The van der Waals surface area contributed by atoms with Crippen molar-refractivity contribution in [3.05, 3.63) is 34.9 Å². The third kappa shape index (κ3) is 10.5. The molecule has 0 bridgehead atoms. The van der Waals surface area contributed by atoms with Crippen LogP contribution < -0.4 is 0 Å². The summed E-state index contributed by atoms with van der Waals surface area (Å²) in [6, 6.07) is 0. The number of esters is 1. The molecule has 0 rings (SSSR count). The van der Waals surface area contributed by atoms with Crippen LogP contribution in [0.25, 0.3) is 0 Å². The molecule has 0 heterocycles. The van der Waals surface area contributed by atoms with Gasteiger partial charge in [0.1, 0.15) is 0 Å². The highest BCUT2D eigenvalue weighted by Crippen LogP contribution is 2.12. The SMILES string of the molecule is CCOC(=O)/C=C(\C)CC/C=C(\C)CC/C=C(\C)C(=O)N(C)C. The molecule has 0 atom stereocenters. The third-order valence-electron chi connectivity index (χ3n) is 3.42. The van der Waals surface area contributed by atoms with Crippen LogP contribution in [0.5, 0.6) is 0 Å². The molecule has 0 aromatic heterocycles. The van der Waals surface area contributed by atoms with Gasteiger partial charge in [0.15, 0.2) is 0 Å². The molecule has 0 radical (unpaired) electrons. The molecular weight excluding hydrogens is 290 g/mol. The minimum absolute atomic E-state index is 0.0614. The molecule has 0 fully saturated rings. The molecule has 4 heteroatoms. The number of hydrogen-bond donors (Lipinski definition) is 0. The summed E-state index contributed by atoms with van der Waals surface area (Å²) in [5.74, 6) is -0.205. The summed E-state index contributed by atoms with van der Waals surface area (Å²) in [6.07, 6.45) is 9.32. The van der Waals surface area contributed by atoms with Gasteiger partial charge in [-0.25, -0.2) is 4.79 Å². The molecular formula is C19H31NO3. The van der Waals surface area contributed by atoms with Crippen molar-refractivity contribution < 1.29 is 14.3 Å². The van der Waals surface area contributed by atoms with Gasteiger partial charge in [-0.2, -0.15) is 0 Å². The number of carbonyl (C=O) groups excluding carboxylic acids is 2. The highest BCUT2D eigenvalue weighted by atomic mass is 16.5. The lowest BCUT2D eigenvalue weighted by molar-refractivity contribution is -0.137. The molecule has 130 valence electrons. The van der Waals surface area contributed by atoms with Crippen LogP contribution in [0.15, 0.2) is 34.9 Å². The van der Waals surface area contributed by atoms with E-state index in [9.17, 15) is 9.59 Å². The fraction of sp³-hybridized carbons (Fsp3) is 0.579. The van der Waals surface area contributed by atoms with Crippen LogP contribution in [-0.2, 0) is 14.3 Å². The average molecular weight is 321 g/mol. The predicted octanol–water partition coefficient (Wildman–Crippen LogP) is 4.04. The molecule has 0 aromatic carbocycles. The third-order valence-corrected chi connectivity index (χ3v) is 3.42. The van der Waals surface area contributed by atoms with Crippen LogP contribution >= 0.6 is 0 Å². The monoisotopic (exact) mass is 321 g/mol. The number of likely N-dealkylation sites (N-methyl/N-ethyl adjacent to an activating group) is 1. The van der Waals surface area contributed by atoms with Gasteiger partial charge in [-0.1, -0.05) is 23.3 Å². The van der Waals surface area contributed by atoms with E-state index in [1.54, 1.807) is 32.0 Å². The van der Waals surface area contributed by atoms with Crippen molar-refractivity contribution in [3.63, 3.8) is 0 Å². The maximum atomic E-state index is 11.7. The number of nitrogens with zero attached hydrogens (tertiary/aromatic N) is 1. The van der Waals surface area contributed by atoms with Crippen LogP contribution in [-0.4, -0.2) is 37.5 Å². The van der Waals surface area contributed by atoms with Crippen LogP contribution in [0.3, 0.4) is 0 Å². The number of amides is 1. The van der Waals surface area contributed by atoms with Crippen LogP contribution in [0.2, 0.25) is 0 Å². The van der Waals surface area contributed by atoms with Gasteiger partial charge in [-0.3, -0.25) is 4.79 Å². The molecule has 0 aliphatic rings. The molecule has 0 saturated heterocycles. The van der Waals surface area contributed by atoms with Gasteiger partial charge in [-0.15, -0.1) is 0 Å². The van der Waals surface area contributed by atoms with Crippen molar-refractivity contribution >= 4 is 11.9 Å². The summed E-state index contributed by atoms with van der Waals surface area (Å²) in [5, 5.41) is 0. The van der Waals surface area contributed by atoms with Crippen LogP contribution in [0, 0.1) is 0 Å².